The van der Waals surface area contributed by atoms with Gasteiger partial charge in [0.1, 0.15) is 5.76 Å². The number of nitrogens with one attached hydrogen (secondary N) is 2. The molecule has 32 heavy (non-hydrogen) atoms. The summed E-state index contributed by atoms with van der Waals surface area (Å²) in [6.07, 6.45) is 2.29. The molecule has 1 aromatic heterocycles. The number of rotatable bonds is 4. The Hall–Kier alpha value is -3.67. The van der Waals surface area contributed by atoms with Gasteiger partial charge in [-0.1, -0.05) is 30.3 Å². The fourth-order valence-electron chi connectivity index (χ4n) is 4.05. The van der Waals surface area contributed by atoms with Crippen molar-refractivity contribution in [2.24, 2.45) is 5.10 Å². The molecule has 0 spiro atoms. The number of hydrogen-bond acceptors (Lipinski definition) is 4. The SMILES string of the molecule is Cc1ccc(C)c(NC(=O)c2oc3c(c2C)/C(=N/NC(=O)c2ccccc2C)CCC3)c1. The van der Waals surface area contributed by atoms with Crippen LogP contribution in [0.15, 0.2) is 52.0 Å². The number of carbonyl (C=O) groups is 2. The number of aryl methyl sites for hydroxylation is 4. The summed E-state index contributed by atoms with van der Waals surface area (Å²) in [5, 5.41) is 7.38. The molecule has 6 heteroatoms. The zero-order chi connectivity index (χ0) is 22.8. The quantitative estimate of drug-likeness (QED) is 0.557. The number of anilines is 1. The fourth-order valence-corrected chi connectivity index (χ4v) is 4.05. The highest BCUT2D eigenvalue weighted by molar-refractivity contribution is 6.09. The van der Waals surface area contributed by atoms with Crippen molar-refractivity contribution in [3.05, 3.63) is 87.4 Å². The van der Waals surface area contributed by atoms with Gasteiger partial charge in [0.15, 0.2) is 5.76 Å². The van der Waals surface area contributed by atoms with E-state index in [1.54, 1.807) is 6.07 Å². The summed E-state index contributed by atoms with van der Waals surface area (Å²) < 4.78 is 5.98. The lowest BCUT2D eigenvalue weighted by Gasteiger charge is -2.13. The summed E-state index contributed by atoms with van der Waals surface area (Å²) in [5.74, 6) is 0.491. The molecule has 0 unspecified atom stereocenters. The van der Waals surface area contributed by atoms with Gasteiger partial charge in [-0.3, -0.25) is 9.59 Å². The predicted molar refractivity (Wildman–Crippen MR) is 125 cm³/mol. The maximum atomic E-state index is 13.0. The summed E-state index contributed by atoms with van der Waals surface area (Å²) in [4.78, 5) is 25.6. The Labute approximate surface area is 187 Å². The monoisotopic (exact) mass is 429 g/mol. The van der Waals surface area contributed by atoms with E-state index >= 15 is 0 Å². The Balaban J connectivity index is 1.59. The summed E-state index contributed by atoms with van der Waals surface area (Å²) in [5.41, 5.74) is 9.28. The van der Waals surface area contributed by atoms with Gasteiger partial charge in [0.25, 0.3) is 11.8 Å². The van der Waals surface area contributed by atoms with Crippen LogP contribution < -0.4 is 10.7 Å². The number of fused-ring (bicyclic) bond motifs is 1. The van der Waals surface area contributed by atoms with Crippen molar-refractivity contribution in [1.29, 1.82) is 0 Å². The van der Waals surface area contributed by atoms with Gasteiger partial charge < -0.3 is 9.73 Å². The zero-order valence-electron chi connectivity index (χ0n) is 18.8. The lowest BCUT2D eigenvalue weighted by molar-refractivity contribution is 0.0953. The van der Waals surface area contributed by atoms with Crippen molar-refractivity contribution in [1.82, 2.24) is 5.43 Å². The molecule has 6 nitrogen and oxygen atoms in total. The highest BCUT2D eigenvalue weighted by Gasteiger charge is 2.28. The van der Waals surface area contributed by atoms with Gasteiger partial charge in [0.2, 0.25) is 0 Å². The zero-order valence-corrected chi connectivity index (χ0v) is 18.8. The Morgan fingerprint density at radius 2 is 1.72 bits per heavy atom. The Bertz CT molecular complexity index is 1240. The molecule has 1 heterocycles. The molecule has 0 radical (unpaired) electrons. The summed E-state index contributed by atoms with van der Waals surface area (Å²) in [7, 11) is 0. The molecule has 0 bridgehead atoms. The molecular formula is C26H27N3O3. The molecule has 0 aliphatic heterocycles. The van der Waals surface area contributed by atoms with Crippen molar-refractivity contribution in [3.8, 4) is 0 Å². The minimum Gasteiger partial charge on any atom is -0.455 e. The van der Waals surface area contributed by atoms with Crippen molar-refractivity contribution in [2.45, 2.75) is 47.0 Å². The first-order chi connectivity index (χ1) is 15.3. The Kier molecular flexibility index (Phi) is 5.95. The number of amides is 2. The molecule has 0 saturated carbocycles. The average Bonchev–Trinajstić information content (AvgIpc) is 3.12. The van der Waals surface area contributed by atoms with Gasteiger partial charge in [0.05, 0.1) is 5.71 Å². The van der Waals surface area contributed by atoms with Gasteiger partial charge in [0, 0.05) is 28.8 Å². The van der Waals surface area contributed by atoms with Crippen LogP contribution in [0.2, 0.25) is 0 Å². The molecule has 2 aromatic carbocycles. The van der Waals surface area contributed by atoms with E-state index in [4.69, 9.17) is 4.42 Å². The molecular weight excluding hydrogens is 402 g/mol. The maximum absolute atomic E-state index is 13.0. The van der Waals surface area contributed by atoms with E-state index in [9.17, 15) is 9.59 Å². The van der Waals surface area contributed by atoms with E-state index in [0.717, 1.165) is 57.8 Å². The molecule has 2 N–H and O–H groups in total. The van der Waals surface area contributed by atoms with Crippen LogP contribution in [-0.2, 0) is 6.42 Å². The first kappa shape index (κ1) is 21.6. The number of hydrazone groups is 1. The third kappa shape index (κ3) is 4.21. The van der Waals surface area contributed by atoms with Gasteiger partial charge in [-0.25, -0.2) is 5.43 Å². The predicted octanol–water partition coefficient (Wildman–Crippen LogP) is 5.24. The lowest BCUT2D eigenvalue weighted by atomic mass is 9.93. The third-order valence-electron chi connectivity index (χ3n) is 5.86. The molecule has 1 aliphatic carbocycles. The number of hydrogen-bond donors (Lipinski definition) is 2. The van der Waals surface area contributed by atoms with Gasteiger partial charge in [-0.15, -0.1) is 0 Å². The Morgan fingerprint density at radius 3 is 2.50 bits per heavy atom. The van der Waals surface area contributed by atoms with Crippen LogP contribution in [0.1, 0.15) is 67.3 Å². The lowest BCUT2D eigenvalue weighted by Crippen LogP contribution is -2.22. The van der Waals surface area contributed by atoms with Crippen LogP contribution in [0.5, 0.6) is 0 Å². The first-order valence-corrected chi connectivity index (χ1v) is 10.8. The second-order valence-electron chi connectivity index (χ2n) is 8.29. The van der Waals surface area contributed by atoms with Crippen LogP contribution in [-0.4, -0.2) is 17.5 Å². The average molecular weight is 430 g/mol. The minimum atomic E-state index is -0.283. The standard InChI is InChI=1S/C26H27N3O3/c1-15-12-13-17(3)21(14-15)27-26(31)24-18(4)23-20(10-7-11-22(23)32-24)28-29-25(30)19-9-6-5-8-16(19)2/h5-6,8-9,12-14H,7,10-11H2,1-4H3,(H,27,31)(H,29,30)/b28-20+. The fraction of sp³-hybridized carbons (Fsp3) is 0.269. The summed E-state index contributed by atoms with van der Waals surface area (Å²) in [6.45, 7) is 7.70. The van der Waals surface area contributed by atoms with Gasteiger partial charge >= 0.3 is 0 Å². The van der Waals surface area contributed by atoms with Crippen molar-refractivity contribution >= 4 is 23.2 Å². The third-order valence-corrected chi connectivity index (χ3v) is 5.86. The molecule has 1 aliphatic rings. The van der Waals surface area contributed by atoms with E-state index in [-0.39, 0.29) is 17.6 Å². The molecule has 2 amide bonds. The number of carbonyl (C=O) groups excluding carboxylic acids is 2. The maximum Gasteiger partial charge on any atom is 0.291 e. The van der Waals surface area contributed by atoms with Crippen LogP contribution in [0, 0.1) is 27.7 Å². The molecule has 164 valence electrons. The highest BCUT2D eigenvalue weighted by Crippen LogP contribution is 2.30. The van der Waals surface area contributed by atoms with E-state index in [1.165, 1.54) is 0 Å². The summed E-state index contributed by atoms with van der Waals surface area (Å²) >= 11 is 0. The number of nitrogens with zero attached hydrogens (tertiary/aromatic N) is 1. The van der Waals surface area contributed by atoms with Crippen LogP contribution in [0.4, 0.5) is 5.69 Å². The summed E-state index contributed by atoms with van der Waals surface area (Å²) in [6, 6.07) is 13.3. The van der Waals surface area contributed by atoms with Gasteiger partial charge in [-0.05, 0) is 69.4 Å². The van der Waals surface area contributed by atoms with Crippen LogP contribution in [0.25, 0.3) is 0 Å². The molecule has 0 fully saturated rings. The van der Waals surface area contributed by atoms with Crippen LogP contribution >= 0.6 is 0 Å². The second kappa shape index (κ2) is 8.83. The topological polar surface area (TPSA) is 83.7 Å². The van der Waals surface area contributed by atoms with Crippen molar-refractivity contribution in [2.75, 3.05) is 5.32 Å². The highest BCUT2D eigenvalue weighted by atomic mass is 16.4. The van der Waals surface area contributed by atoms with E-state index < -0.39 is 0 Å². The second-order valence-corrected chi connectivity index (χ2v) is 8.29. The smallest absolute Gasteiger partial charge is 0.291 e. The van der Waals surface area contributed by atoms with Crippen molar-refractivity contribution in [3.63, 3.8) is 0 Å². The molecule has 4 rings (SSSR count). The van der Waals surface area contributed by atoms with Gasteiger partial charge in [-0.2, -0.15) is 5.10 Å². The molecule has 0 saturated heterocycles. The van der Waals surface area contributed by atoms with Crippen molar-refractivity contribution < 1.29 is 14.0 Å². The molecule has 0 atom stereocenters. The Morgan fingerprint density at radius 1 is 0.938 bits per heavy atom. The van der Waals surface area contributed by atoms with E-state index in [1.807, 2.05) is 64.1 Å². The number of furan rings is 1. The van der Waals surface area contributed by atoms with Crippen LogP contribution in [0.3, 0.4) is 0 Å². The minimum absolute atomic E-state index is 0.253. The molecule has 3 aromatic rings. The number of benzene rings is 2. The first-order valence-electron chi connectivity index (χ1n) is 10.8. The normalized spacial score (nSPS) is 14.2. The largest absolute Gasteiger partial charge is 0.455 e. The van der Waals surface area contributed by atoms with E-state index in [0.29, 0.717) is 12.0 Å². The van der Waals surface area contributed by atoms with E-state index in [2.05, 4.69) is 15.8 Å².